The number of anilines is 1. The summed E-state index contributed by atoms with van der Waals surface area (Å²) in [5.74, 6) is 2.55. The number of carbonyl (C=O) groups excluding carboxylic acids is 1. The van der Waals surface area contributed by atoms with Crippen molar-refractivity contribution in [2.45, 2.75) is 31.4 Å². The third kappa shape index (κ3) is 4.78. The monoisotopic (exact) mass is 451 g/mol. The van der Waals surface area contributed by atoms with Gasteiger partial charge < -0.3 is 19.1 Å². The number of nitrogens with zero attached hydrogens (tertiary/aromatic N) is 3. The Bertz CT molecular complexity index is 1050. The smallest absolute Gasteiger partial charge is 0.255 e. The SMILES string of the molecule is CCOc1ccccc1N1CCN(C(=O)c2ccccc2SCc2c(C)noc2C)CC1. The number of amides is 1. The quantitative estimate of drug-likeness (QED) is 0.474. The van der Waals surface area contributed by atoms with Crippen LogP contribution in [-0.4, -0.2) is 48.7 Å². The van der Waals surface area contributed by atoms with E-state index in [-0.39, 0.29) is 5.91 Å². The number of hydrogen-bond acceptors (Lipinski definition) is 6. The first-order valence-electron chi connectivity index (χ1n) is 11.0. The van der Waals surface area contributed by atoms with Gasteiger partial charge >= 0.3 is 0 Å². The Labute approximate surface area is 193 Å². The number of para-hydroxylation sites is 2. The van der Waals surface area contributed by atoms with E-state index in [1.807, 2.05) is 68.1 Å². The van der Waals surface area contributed by atoms with Crippen LogP contribution in [0.1, 0.15) is 34.3 Å². The molecule has 1 fully saturated rings. The van der Waals surface area contributed by atoms with Crippen LogP contribution in [-0.2, 0) is 5.75 Å². The van der Waals surface area contributed by atoms with Crippen LogP contribution in [0, 0.1) is 13.8 Å². The third-order valence-corrected chi connectivity index (χ3v) is 6.84. The molecule has 1 aliphatic rings. The lowest BCUT2D eigenvalue weighted by atomic mass is 10.1. The van der Waals surface area contributed by atoms with E-state index < -0.39 is 0 Å². The summed E-state index contributed by atoms with van der Waals surface area (Å²) in [5, 5.41) is 4.03. The molecule has 0 N–H and O–H groups in total. The van der Waals surface area contributed by atoms with E-state index in [9.17, 15) is 4.79 Å². The lowest BCUT2D eigenvalue weighted by Gasteiger charge is -2.37. The normalized spacial score (nSPS) is 14.0. The van der Waals surface area contributed by atoms with Gasteiger partial charge in [-0.25, -0.2) is 0 Å². The van der Waals surface area contributed by atoms with Crippen LogP contribution in [0.5, 0.6) is 5.75 Å². The van der Waals surface area contributed by atoms with Crippen molar-refractivity contribution >= 4 is 23.4 Å². The van der Waals surface area contributed by atoms with E-state index >= 15 is 0 Å². The second kappa shape index (κ2) is 10.1. The molecule has 2 aromatic carbocycles. The molecule has 0 atom stereocenters. The number of hydrogen-bond donors (Lipinski definition) is 0. The Hall–Kier alpha value is -2.93. The van der Waals surface area contributed by atoms with Crippen LogP contribution in [0.25, 0.3) is 0 Å². The molecule has 0 aliphatic carbocycles. The highest BCUT2D eigenvalue weighted by Gasteiger charge is 2.25. The molecular formula is C25H29N3O3S. The maximum absolute atomic E-state index is 13.4. The number of aryl methyl sites for hydroxylation is 2. The van der Waals surface area contributed by atoms with Crippen molar-refractivity contribution in [2.75, 3.05) is 37.7 Å². The van der Waals surface area contributed by atoms with Gasteiger partial charge in [-0.2, -0.15) is 0 Å². The highest BCUT2D eigenvalue weighted by Crippen LogP contribution is 2.31. The van der Waals surface area contributed by atoms with E-state index in [1.54, 1.807) is 11.8 Å². The van der Waals surface area contributed by atoms with Gasteiger partial charge in [0.2, 0.25) is 0 Å². The first-order valence-corrected chi connectivity index (χ1v) is 12.0. The minimum atomic E-state index is 0.0876. The molecule has 1 saturated heterocycles. The van der Waals surface area contributed by atoms with Gasteiger partial charge in [-0.1, -0.05) is 29.4 Å². The third-order valence-electron chi connectivity index (χ3n) is 5.74. The number of piperazine rings is 1. The average molecular weight is 452 g/mol. The molecule has 0 unspecified atom stereocenters. The second-order valence-corrected chi connectivity index (χ2v) is 8.78. The Morgan fingerprint density at radius 3 is 2.50 bits per heavy atom. The number of ether oxygens (including phenoxy) is 1. The number of thioether (sulfide) groups is 1. The second-order valence-electron chi connectivity index (χ2n) is 7.77. The van der Waals surface area contributed by atoms with Crippen LogP contribution >= 0.6 is 11.8 Å². The van der Waals surface area contributed by atoms with Crippen molar-refractivity contribution in [2.24, 2.45) is 0 Å². The molecule has 1 aromatic heterocycles. The minimum absolute atomic E-state index is 0.0876. The first kappa shape index (κ1) is 22.3. The Morgan fingerprint density at radius 2 is 1.78 bits per heavy atom. The lowest BCUT2D eigenvalue weighted by Crippen LogP contribution is -2.49. The van der Waals surface area contributed by atoms with Gasteiger partial charge in [0.05, 0.1) is 23.6 Å². The van der Waals surface area contributed by atoms with Crippen molar-refractivity contribution in [1.29, 1.82) is 0 Å². The van der Waals surface area contributed by atoms with Gasteiger partial charge in [0.15, 0.2) is 0 Å². The Balaban J connectivity index is 1.43. The Morgan fingerprint density at radius 1 is 1.06 bits per heavy atom. The molecule has 32 heavy (non-hydrogen) atoms. The predicted octanol–water partition coefficient (Wildman–Crippen LogP) is 4.94. The highest BCUT2D eigenvalue weighted by atomic mass is 32.2. The lowest BCUT2D eigenvalue weighted by molar-refractivity contribution is 0.0743. The van der Waals surface area contributed by atoms with Crippen molar-refractivity contribution < 1.29 is 14.1 Å². The van der Waals surface area contributed by atoms with Crippen LogP contribution in [0.2, 0.25) is 0 Å². The molecule has 0 saturated carbocycles. The number of carbonyl (C=O) groups is 1. The summed E-state index contributed by atoms with van der Waals surface area (Å²) in [6.45, 7) is 9.44. The molecule has 0 spiro atoms. The van der Waals surface area contributed by atoms with Gasteiger partial charge in [0.25, 0.3) is 5.91 Å². The average Bonchev–Trinajstić information content (AvgIpc) is 3.15. The first-order chi connectivity index (χ1) is 15.6. The van der Waals surface area contributed by atoms with Gasteiger partial charge in [-0.15, -0.1) is 11.8 Å². The molecule has 1 aliphatic heterocycles. The molecule has 6 nitrogen and oxygen atoms in total. The zero-order valence-corrected chi connectivity index (χ0v) is 19.7. The highest BCUT2D eigenvalue weighted by molar-refractivity contribution is 7.98. The molecular weight excluding hydrogens is 422 g/mol. The summed E-state index contributed by atoms with van der Waals surface area (Å²) in [6, 6.07) is 16.0. The van der Waals surface area contributed by atoms with Crippen LogP contribution in [0.3, 0.4) is 0 Å². The van der Waals surface area contributed by atoms with Gasteiger partial charge in [0.1, 0.15) is 11.5 Å². The van der Waals surface area contributed by atoms with E-state index in [4.69, 9.17) is 9.26 Å². The molecule has 1 amide bonds. The zero-order chi connectivity index (χ0) is 22.5. The predicted molar refractivity (Wildman–Crippen MR) is 128 cm³/mol. The molecule has 3 aromatic rings. The van der Waals surface area contributed by atoms with Crippen LogP contribution < -0.4 is 9.64 Å². The standard InChI is InChI=1S/C25H29N3O3S/c1-4-30-23-11-7-6-10-22(23)27-13-15-28(16-14-27)25(29)20-9-5-8-12-24(20)32-17-21-18(2)26-31-19(21)3/h5-12H,4,13-17H2,1-3H3. The van der Waals surface area contributed by atoms with E-state index in [0.29, 0.717) is 19.7 Å². The summed E-state index contributed by atoms with van der Waals surface area (Å²) >= 11 is 1.66. The largest absolute Gasteiger partial charge is 0.492 e. The molecule has 4 rings (SSSR count). The molecule has 0 radical (unpaired) electrons. The topological polar surface area (TPSA) is 58.8 Å². The van der Waals surface area contributed by atoms with Crippen molar-refractivity contribution in [1.82, 2.24) is 10.1 Å². The number of benzene rings is 2. The van der Waals surface area contributed by atoms with Crippen molar-refractivity contribution in [3.05, 3.63) is 71.1 Å². The fourth-order valence-corrected chi connectivity index (χ4v) is 5.14. The molecule has 168 valence electrons. The fraction of sp³-hybridized carbons (Fsp3) is 0.360. The molecule has 7 heteroatoms. The Kier molecular flexibility index (Phi) is 7.05. The summed E-state index contributed by atoms with van der Waals surface area (Å²) < 4.78 is 11.1. The van der Waals surface area contributed by atoms with Gasteiger partial charge in [0, 0.05) is 42.4 Å². The van der Waals surface area contributed by atoms with E-state index in [2.05, 4.69) is 16.1 Å². The maximum Gasteiger partial charge on any atom is 0.255 e. The summed E-state index contributed by atoms with van der Waals surface area (Å²) in [5.41, 5.74) is 3.85. The van der Waals surface area contributed by atoms with Crippen molar-refractivity contribution in [3.63, 3.8) is 0 Å². The van der Waals surface area contributed by atoms with Crippen molar-refractivity contribution in [3.8, 4) is 5.75 Å². The van der Waals surface area contributed by atoms with Crippen LogP contribution in [0.15, 0.2) is 57.9 Å². The molecule has 0 bridgehead atoms. The van der Waals surface area contributed by atoms with E-state index in [0.717, 1.165) is 57.8 Å². The minimum Gasteiger partial charge on any atom is -0.492 e. The van der Waals surface area contributed by atoms with E-state index in [1.165, 1.54) is 0 Å². The number of aromatic nitrogens is 1. The van der Waals surface area contributed by atoms with Crippen LogP contribution in [0.4, 0.5) is 5.69 Å². The summed E-state index contributed by atoms with van der Waals surface area (Å²) in [6.07, 6.45) is 0. The van der Waals surface area contributed by atoms with Gasteiger partial charge in [-0.05, 0) is 45.0 Å². The summed E-state index contributed by atoms with van der Waals surface area (Å²) in [4.78, 5) is 18.6. The molecule has 2 heterocycles. The maximum atomic E-state index is 13.4. The fourth-order valence-electron chi connectivity index (χ4n) is 3.94. The zero-order valence-electron chi connectivity index (χ0n) is 18.8. The summed E-state index contributed by atoms with van der Waals surface area (Å²) in [7, 11) is 0. The number of rotatable bonds is 7. The van der Waals surface area contributed by atoms with Gasteiger partial charge in [-0.3, -0.25) is 4.79 Å².